The number of likely N-dealkylation sites (tertiary alicyclic amines) is 1. The lowest BCUT2D eigenvalue weighted by Crippen LogP contribution is -2.52. The third kappa shape index (κ3) is 6.67. The predicted molar refractivity (Wildman–Crippen MR) is 123 cm³/mol. The van der Waals surface area contributed by atoms with Gasteiger partial charge >= 0.3 is 0 Å². The topological polar surface area (TPSA) is 61.4 Å². The molecule has 0 bridgehead atoms. The van der Waals surface area contributed by atoms with Crippen LogP contribution < -0.4 is 10.6 Å². The Balaban J connectivity index is 1.49. The molecule has 2 amide bonds. The zero-order valence-electron chi connectivity index (χ0n) is 17.4. The number of benzene rings is 2. The molecule has 2 aromatic carbocycles. The minimum atomic E-state index is -0.510. The number of carbonyl (C=O) groups excluding carboxylic acids is 2. The first-order valence-electron chi connectivity index (χ1n) is 10.7. The highest BCUT2D eigenvalue weighted by atomic mass is 79.9. The number of nitrogens with zero attached hydrogens (tertiary/aromatic N) is 1. The van der Waals surface area contributed by atoms with Crippen LogP contribution in [0.3, 0.4) is 0 Å². The average Bonchev–Trinajstić information content (AvgIpc) is 2.75. The van der Waals surface area contributed by atoms with Gasteiger partial charge in [0.1, 0.15) is 6.04 Å². The number of hydrogen-bond acceptors (Lipinski definition) is 3. The fourth-order valence-electron chi connectivity index (χ4n) is 3.81. The Hall–Kier alpha value is -2.18. The predicted octanol–water partition coefficient (Wildman–Crippen LogP) is 4.13. The lowest BCUT2D eigenvalue weighted by atomic mass is 10.0. The van der Waals surface area contributed by atoms with E-state index in [0.29, 0.717) is 12.0 Å². The second kappa shape index (κ2) is 11.3. The zero-order chi connectivity index (χ0) is 21.3. The van der Waals surface area contributed by atoms with Crippen LogP contribution in [0.15, 0.2) is 59.1 Å². The number of rotatable bonds is 8. The minimum Gasteiger partial charge on any atom is -0.351 e. The second-order valence-corrected chi connectivity index (χ2v) is 8.79. The fraction of sp³-hybridized carbons (Fsp3) is 0.417. The summed E-state index contributed by atoms with van der Waals surface area (Å²) in [6, 6.07) is 17.3. The smallest absolute Gasteiger partial charge is 0.251 e. The molecule has 0 saturated carbocycles. The van der Waals surface area contributed by atoms with Gasteiger partial charge in [0.15, 0.2) is 0 Å². The molecule has 30 heavy (non-hydrogen) atoms. The Kier molecular flexibility index (Phi) is 8.46. The van der Waals surface area contributed by atoms with Crippen LogP contribution in [0, 0.1) is 0 Å². The molecule has 5 nitrogen and oxygen atoms in total. The second-order valence-electron chi connectivity index (χ2n) is 7.87. The van der Waals surface area contributed by atoms with Crippen molar-refractivity contribution in [2.24, 2.45) is 0 Å². The summed E-state index contributed by atoms with van der Waals surface area (Å²) in [5.41, 5.74) is 1.87. The number of hydrogen-bond donors (Lipinski definition) is 2. The van der Waals surface area contributed by atoms with Crippen molar-refractivity contribution >= 4 is 27.7 Å². The molecule has 2 N–H and O–H groups in total. The van der Waals surface area contributed by atoms with Gasteiger partial charge in [0.25, 0.3) is 5.91 Å². The van der Waals surface area contributed by atoms with E-state index in [9.17, 15) is 9.59 Å². The monoisotopic (exact) mass is 471 g/mol. The molecule has 2 aromatic rings. The Morgan fingerprint density at radius 1 is 1.10 bits per heavy atom. The Labute approximate surface area is 187 Å². The van der Waals surface area contributed by atoms with Crippen LogP contribution >= 0.6 is 15.9 Å². The van der Waals surface area contributed by atoms with E-state index in [1.165, 1.54) is 5.56 Å². The van der Waals surface area contributed by atoms with Crippen LogP contribution in [0.1, 0.15) is 48.5 Å². The molecule has 0 spiro atoms. The molecule has 1 fully saturated rings. The van der Waals surface area contributed by atoms with E-state index >= 15 is 0 Å². The lowest BCUT2D eigenvalue weighted by Gasteiger charge is -2.33. The molecule has 6 heteroatoms. The van der Waals surface area contributed by atoms with Crippen molar-refractivity contribution in [1.82, 2.24) is 15.5 Å². The maximum Gasteiger partial charge on any atom is 0.251 e. The summed E-state index contributed by atoms with van der Waals surface area (Å²) in [6.45, 7) is 4.89. The molecule has 1 aliphatic rings. The van der Waals surface area contributed by atoms with Crippen LogP contribution in [0.4, 0.5) is 0 Å². The number of piperidine rings is 1. The molecule has 1 atom stereocenters. The van der Waals surface area contributed by atoms with E-state index in [2.05, 4.69) is 55.7 Å². The van der Waals surface area contributed by atoms with E-state index in [1.54, 1.807) is 12.1 Å². The molecule has 1 saturated heterocycles. The van der Waals surface area contributed by atoms with E-state index in [1.807, 2.05) is 25.1 Å². The van der Waals surface area contributed by atoms with E-state index in [-0.39, 0.29) is 17.9 Å². The van der Waals surface area contributed by atoms with Gasteiger partial charge in [-0.1, -0.05) is 65.7 Å². The summed E-state index contributed by atoms with van der Waals surface area (Å²) < 4.78 is 0.842. The van der Waals surface area contributed by atoms with Crippen molar-refractivity contribution in [2.45, 2.75) is 51.2 Å². The van der Waals surface area contributed by atoms with Crippen molar-refractivity contribution in [3.63, 3.8) is 0 Å². The zero-order valence-corrected chi connectivity index (χ0v) is 19.0. The molecule has 0 radical (unpaired) electrons. The number of amides is 2. The number of halogens is 1. The average molecular weight is 472 g/mol. The third-order valence-electron chi connectivity index (χ3n) is 5.47. The summed E-state index contributed by atoms with van der Waals surface area (Å²) in [7, 11) is 0. The maximum atomic E-state index is 12.9. The molecule has 1 heterocycles. The van der Waals surface area contributed by atoms with Crippen LogP contribution in [-0.2, 0) is 11.3 Å². The lowest BCUT2D eigenvalue weighted by molar-refractivity contribution is -0.124. The highest BCUT2D eigenvalue weighted by Gasteiger charge is 2.25. The van der Waals surface area contributed by atoms with Gasteiger partial charge in [-0.15, -0.1) is 0 Å². The first-order valence-corrected chi connectivity index (χ1v) is 11.5. The maximum absolute atomic E-state index is 12.9. The molecule has 0 aliphatic carbocycles. The van der Waals surface area contributed by atoms with Crippen LogP contribution in [0.2, 0.25) is 0 Å². The van der Waals surface area contributed by atoms with Gasteiger partial charge in [0.2, 0.25) is 5.91 Å². The Bertz CT molecular complexity index is 835. The van der Waals surface area contributed by atoms with Crippen molar-refractivity contribution in [3.8, 4) is 0 Å². The number of nitrogens with one attached hydrogen (secondary N) is 2. The summed E-state index contributed by atoms with van der Waals surface area (Å²) in [6.07, 6.45) is 3.30. The van der Waals surface area contributed by atoms with E-state index < -0.39 is 6.04 Å². The number of carbonyl (C=O) groups is 2. The molecular formula is C24H30BrN3O2. The van der Waals surface area contributed by atoms with E-state index in [0.717, 1.165) is 43.4 Å². The van der Waals surface area contributed by atoms with Gasteiger partial charge in [0.05, 0.1) is 0 Å². The first kappa shape index (κ1) is 22.5. The van der Waals surface area contributed by atoms with Crippen molar-refractivity contribution < 1.29 is 9.59 Å². The van der Waals surface area contributed by atoms with Crippen molar-refractivity contribution in [3.05, 3.63) is 70.2 Å². The Morgan fingerprint density at radius 3 is 2.50 bits per heavy atom. The third-order valence-corrected chi connectivity index (χ3v) is 5.96. The summed E-state index contributed by atoms with van der Waals surface area (Å²) >= 11 is 3.38. The van der Waals surface area contributed by atoms with Crippen LogP contribution in [-0.4, -0.2) is 41.9 Å². The van der Waals surface area contributed by atoms with Crippen molar-refractivity contribution in [2.75, 3.05) is 13.1 Å². The quantitative estimate of drug-likeness (QED) is 0.608. The molecule has 1 unspecified atom stereocenters. The van der Waals surface area contributed by atoms with Gasteiger partial charge < -0.3 is 10.6 Å². The molecule has 1 aliphatic heterocycles. The molecule has 0 aromatic heterocycles. The normalized spacial score (nSPS) is 16.1. The van der Waals surface area contributed by atoms with Gasteiger partial charge in [-0.25, -0.2) is 0 Å². The van der Waals surface area contributed by atoms with Gasteiger partial charge in [-0.3, -0.25) is 14.5 Å². The van der Waals surface area contributed by atoms with Crippen molar-refractivity contribution in [1.29, 1.82) is 0 Å². The Morgan fingerprint density at radius 2 is 1.83 bits per heavy atom. The summed E-state index contributed by atoms with van der Waals surface area (Å²) in [5, 5.41) is 6.08. The summed E-state index contributed by atoms with van der Waals surface area (Å²) in [5.74, 6) is -0.302. The minimum absolute atomic E-state index is 0.0818. The van der Waals surface area contributed by atoms with Gasteiger partial charge in [-0.05, 0) is 43.0 Å². The SMILES string of the molecule is CCCC(NC(=O)c1cccc(Br)c1)C(=O)NC1CCN(Cc2ccccc2)CC1. The van der Waals surface area contributed by atoms with Crippen LogP contribution in [0.5, 0.6) is 0 Å². The van der Waals surface area contributed by atoms with Crippen LogP contribution in [0.25, 0.3) is 0 Å². The highest BCUT2D eigenvalue weighted by Crippen LogP contribution is 2.15. The summed E-state index contributed by atoms with van der Waals surface area (Å²) in [4.78, 5) is 27.9. The highest BCUT2D eigenvalue weighted by molar-refractivity contribution is 9.10. The fourth-order valence-corrected chi connectivity index (χ4v) is 4.21. The molecular weight excluding hydrogens is 442 g/mol. The standard InChI is InChI=1S/C24H30BrN3O2/c1-2-7-22(27-23(29)19-10-6-11-20(25)16-19)24(30)26-21-12-14-28(15-13-21)17-18-8-4-3-5-9-18/h3-6,8-11,16,21-22H,2,7,12-15,17H2,1H3,(H,26,30)(H,27,29). The molecule has 3 rings (SSSR count). The molecule has 160 valence electrons. The largest absolute Gasteiger partial charge is 0.351 e. The van der Waals surface area contributed by atoms with E-state index in [4.69, 9.17) is 0 Å². The van der Waals surface area contributed by atoms with Gasteiger partial charge in [-0.2, -0.15) is 0 Å². The first-order chi connectivity index (χ1) is 14.5. The van der Waals surface area contributed by atoms with Gasteiger partial charge in [0, 0.05) is 35.7 Å².